The van der Waals surface area contributed by atoms with Gasteiger partial charge in [0.05, 0.1) is 6.10 Å². The fourth-order valence-corrected chi connectivity index (χ4v) is 3.21. The summed E-state index contributed by atoms with van der Waals surface area (Å²) in [6.45, 7) is 13.6. The maximum Gasteiger partial charge on any atom is 0.201 e. The van der Waals surface area contributed by atoms with Crippen molar-refractivity contribution in [3.8, 4) is 0 Å². The van der Waals surface area contributed by atoms with Crippen molar-refractivity contribution >= 4 is 0 Å². The van der Waals surface area contributed by atoms with Crippen molar-refractivity contribution in [1.82, 2.24) is 0 Å². The largest absolute Gasteiger partial charge is 0.469 e. The zero-order valence-electron chi connectivity index (χ0n) is 13.4. The van der Waals surface area contributed by atoms with Crippen LogP contribution in [0.3, 0.4) is 0 Å². The van der Waals surface area contributed by atoms with Gasteiger partial charge in [0.1, 0.15) is 5.76 Å². The first-order valence-electron chi connectivity index (χ1n) is 7.85. The highest BCUT2D eigenvalue weighted by Gasteiger charge is 2.41. The number of allylic oxidation sites excluding steroid dienone is 1. The predicted molar refractivity (Wildman–Crippen MR) is 78.6 cm³/mol. The van der Waals surface area contributed by atoms with Crippen molar-refractivity contribution in [2.24, 2.45) is 23.2 Å². The molecule has 0 aromatic carbocycles. The molecule has 2 aliphatic rings. The first-order valence-corrected chi connectivity index (χ1v) is 7.85. The van der Waals surface area contributed by atoms with Crippen molar-refractivity contribution in [2.45, 2.75) is 73.2 Å². The number of hydrogen-bond donors (Lipinski definition) is 0. The van der Waals surface area contributed by atoms with E-state index in [0.717, 1.165) is 18.8 Å². The Balaban J connectivity index is 2.16. The van der Waals surface area contributed by atoms with Crippen LogP contribution in [0.4, 0.5) is 0 Å². The van der Waals surface area contributed by atoms with E-state index in [-0.39, 0.29) is 6.29 Å². The van der Waals surface area contributed by atoms with Gasteiger partial charge < -0.3 is 9.47 Å². The van der Waals surface area contributed by atoms with Gasteiger partial charge in [-0.15, -0.1) is 0 Å². The van der Waals surface area contributed by atoms with Crippen LogP contribution in [0.1, 0.15) is 60.8 Å². The smallest absolute Gasteiger partial charge is 0.201 e. The molecule has 0 spiro atoms. The summed E-state index contributed by atoms with van der Waals surface area (Å²) in [5.41, 5.74) is 0.370. The van der Waals surface area contributed by atoms with Gasteiger partial charge in [-0.05, 0) is 36.7 Å². The molecule has 1 saturated heterocycles. The molecule has 110 valence electrons. The molecule has 1 aliphatic carbocycles. The van der Waals surface area contributed by atoms with E-state index in [1.807, 2.05) is 0 Å². The first kappa shape index (κ1) is 14.9. The Kier molecular flexibility index (Phi) is 4.29. The van der Waals surface area contributed by atoms with E-state index in [0.29, 0.717) is 23.4 Å². The molecule has 0 saturated carbocycles. The van der Waals surface area contributed by atoms with E-state index in [1.54, 1.807) is 0 Å². The molecule has 0 bridgehead atoms. The fraction of sp³-hybridized carbons (Fsp3) is 0.882. The molecule has 4 atom stereocenters. The Morgan fingerprint density at radius 3 is 2.53 bits per heavy atom. The minimum Gasteiger partial charge on any atom is -0.469 e. The lowest BCUT2D eigenvalue weighted by molar-refractivity contribution is -0.229. The lowest BCUT2D eigenvalue weighted by atomic mass is 9.69. The molecule has 2 heteroatoms. The van der Waals surface area contributed by atoms with Gasteiger partial charge in [0.15, 0.2) is 0 Å². The van der Waals surface area contributed by atoms with Crippen LogP contribution in [0.2, 0.25) is 0 Å². The highest BCUT2D eigenvalue weighted by molar-refractivity contribution is 5.10. The Morgan fingerprint density at radius 1 is 1.32 bits per heavy atom. The Labute approximate surface area is 118 Å². The van der Waals surface area contributed by atoms with Gasteiger partial charge in [0.25, 0.3) is 0 Å². The molecule has 2 nitrogen and oxygen atoms in total. The van der Waals surface area contributed by atoms with Gasteiger partial charge in [-0.3, -0.25) is 0 Å². The van der Waals surface area contributed by atoms with Gasteiger partial charge in [-0.2, -0.15) is 0 Å². The van der Waals surface area contributed by atoms with Gasteiger partial charge in [-0.25, -0.2) is 0 Å². The molecule has 0 radical (unpaired) electrons. The molecule has 4 unspecified atom stereocenters. The average Bonchev–Trinajstić information content (AvgIpc) is 2.35. The normalized spacial score (nSPS) is 35.6. The zero-order chi connectivity index (χ0) is 14.2. The molecule has 1 aliphatic heterocycles. The number of hydrogen-bond acceptors (Lipinski definition) is 2. The standard InChI is InChI=1S/C17H30O2/c1-7-14-13-10-12(17(4,5)6)8-9-15(13)19-16(18-14)11(2)3/h9,11-14,16H,7-8,10H2,1-6H3. The lowest BCUT2D eigenvalue weighted by Crippen LogP contribution is -2.43. The Morgan fingerprint density at radius 2 is 2.00 bits per heavy atom. The van der Waals surface area contributed by atoms with Crippen molar-refractivity contribution in [3.63, 3.8) is 0 Å². The summed E-state index contributed by atoms with van der Waals surface area (Å²) in [6, 6.07) is 0. The van der Waals surface area contributed by atoms with Crippen LogP contribution >= 0.6 is 0 Å². The van der Waals surface area contributed by atoms with Crippen LogP contribution in [-0.2, 0) is 9.47 Å². The summed E-state index contributed by atoms with van der Waals surface area (Å²) in [4.78, 5) is 0. The topological polar surface area (TPSA) is 18.5 Å². The maximum atomic E-state index is 6.16. The molecular weight excluding hydrogens is 236 g/mol. The van der Waals surface area contributed by atoms with E-state index in [9.17, 15) is 0 Å². The third-order valence-electron chi connectivity index (χ3n) is 4.69. The van der Waals surface area contributed by atoms with E-state index in [2.05, 4.69) is 47.6 Å². The second-order valence-electron chi connectivity index (χ2n) is 7.56. The average molecular weight is 266 g/mol. The predicted octanol–water partition coefficient (Wildman–Crippen LogP) is 4.75. The SMILES string of the molecule is CCC1OC(C(C)C)OC2=CCC(C(C)(C)C)CC21. The third kappa shape index (κ3) is 3.16. The van der Waals surface area contributed by atoms with Crippen molar-refractivity contribution in [1.29, 1.82) is 0 Å². The van der Waals surface area contributed by atoms with Gasteiger partial charge in [-0.1, -0.05) is 41.5 Å². The molecule has 2 rings (SSSR count). The second kappa shape index (κ2) is 5.47. The van der Waals surface area contributed by atoms with Gasteiger partial charge >= 0.3 is 0 Å². The van der Waals surface area contributed by atoms with Crippen LogP contribution in [0.5, 0.6) is 0 Å². The Bertz CT molecular complexity index is 338. The molecule has 0 aromatic rings. The van der Waals surface area contributed by atoms with Crippen LogP contribution in [-0.4, -0.2) is 12.4 Å². The lowest BCUT2D eigenvalue weighted by Gasteiger charge is -2.45. The summed E-state index contributed by atoms with van der Waals surface area (Å²) in [5.74, 6) is 2.82. The quantitative estimate of drug-likeness (QED) is 0.718. The minimum atomic E-state index is -0.0568. The van der Waals surface area contributed by atoms with Crippen molar-refractivity contribution < 1.29 is 9.47 Å². The fourth-order valence-electron chi connectivity index (χ4n) is 3.21. The molecular formula is C17H30O2. The minimum absolute atomic E-state index is 0.0568. The van der Waals surface area contributed by atoms with Gasteiger partial charge in [0, 0.05) is 11.8 Å². The number of rotatable bonds is 2. The summed E-state index contributed by atoms with van der Waals surface area (Å²) in [6.07, 6.45) is 6.04. The zero-order valence-corrected chi connectivity index (χ0v) is 13.4. The molecule has 0 amide bonds. The van der Waals surface area contributed by atoms with Crippen LogP contribution < -0.4 is 0 Å². The van der Waals surface area contributed by atoms with E-state index < -0.39 is 0 Å². The van der Waals surface area contributed by atoms with Crippen LogP contribution in [0, 0.1) is 23.2 Å². The molecule has 1 fully saturated rings. The van der Waals surface area contributed by atoms with Crippen molar-refractivity contribution in [3.05, 3.63) is 11.8 Å². The van der Waals surface area contributed by atoms with Gasteiger partial charge in [0.2, 0.25) is 6.29 Å². The third-order valence-corrected chi connectivity index (χ3v) is 4.69. The van der Waals surface area contributed by atoms with Crippen molar-refractivity contribution in [2.75, 3.05) is 0 Å². The van der Waals surface area contributed by atoms with E-state index in [4.69, 9.17) is 9.47 Å². The van der Waals surface area contributed by atoms with E-state index in [1.165, 1.54) is 12.2 Å². The molecule has 0 N–H and O–H groups in total. The molecule has 19 heavy (non-hydrogen) atoms. The highest BCUT2D eigenvalue weighted by atomic mass is 16.7. The van der Waals surface area contributed by atoms with Crippen LogP contribution in [0.25, 0.3) is 0 Å². The number of fused-ring (bicyclic) bond motifs is 1. The maximum absolute atomic E-state index is 6.16. The highest BCUT2D eigenvalue weighted by Crippen LogP contribution is 2.45. The molecule has 1 heterocycles. The summed E-state index contributed by atoms with van der Waals surface area (Å²) in [7, 11) is 0. The number of ether oxygens (including phenoxy) is 2. The summed E-state index contributed by atoms with van der Waals surface area (Å²) < 4.78 is 12.2. The van der Waals surface area contributed by atoms with E-state index >= 15 is 0 Å². The Hall–Kier alpha value is -0.500. The first-order chi connectivity index (χ1) is 8.82. The monoisotopic (exact) mass is 266 g/mol. The summed E-state index contributed by atoms with van der Waals surface area (Å²) in [5, 5.41) is 0. The second-order valence-corrected chi connectivity index (χ2v) is 7.56. The van der Waals surface area contributed by atoms with Crippen LogP contribution in [0.15, 0.2) is 11.8 Å². The summed E-state index contributed by atoms with van der Waals surface area (Å²) >= 11 is 0. The molecule has 0 aromatic heterocycles.